The van der Waals surface area contributed by atoms with E-state index in [0.29, 0.717) is 12.2 Å². The number of aliphatic hydroxyl groups is 1. The van der Waals surface area contributed by atoms with Crippen molar-refractivity contribution in [2.24, 2.45) is 0 Å². The molecule has 1 aromatic heterocycles. The van der Waals surface area contributed by atoms with Gasteiger partial charge in [-0.05, 0) is 44.4 Å². The van der Waals surface area contributed by atoms with Gasteiger partial charge >= 0.3 is 0 Å². The molecular weight excluding hydrogens is 228 g/mol. The molecule has 0 saturated carbocycles. The molecule has 1 heterocycles. The summed E-state index contributed by atoms with van der Waals surface area (Å²) in [5.41, 5.74) is 2.40. The fourth-order valence-electron chi connectivity index (χ4n) is 1.84. The number of hydrogen-bond donors (Lipinski definition) is 2. The lowest BCUT2D eigenvalue weighted by Gasteiger charge is -2.06. The lowest BCUT2D eigenvalue weighted by atomic mass is 10.2. The van der Waals surface area contributed by atoms with Crippen LogP contribution in [-0.4, -0.2) is 29.1 Å². The van der Waals surface area contributed by atoms with E-state index >= 15 is 0 Å². The molecule has 4 nitrogen and oxygen atoms in total. The van der Waals surface area contributed by atoms with Crippen molar-refractivity contribution in [3.8, 4) is 0 Å². The van der Waals surface area contributed by atoms with Crippen molar-refractivity contribution in [1.29, 1.82) is 0 Å². The normalized spacial score (nSPS) is 10.4. The lowest BCUT2D eigenvalue weighted by molar-refractivity contribution is 0.0947. The van der Waals surface area contributed by atoms with E-state index in [1.807, 2.05) is 19.9 Å². The molecule has 0 saturated heterocycles. The third kappa shape index (κ3) is 5.27. The highest BCUT2D eigenvalue weighted by Crippen LogP contribution is 2.04. The summed E-state index contributed by atoms with van der Waals surface area (Å²) in [6, 6.07) is 3.75. The molecule has 1 amide bonds. The molecule has 2 N–H and O–H groups in total. The van der Waals surface area contributed by atoms with E-state index in [1.165, 1.54) is 0 Å². The van der Waals surface area contributed by atoms with Crippen molar-refractivity contribution in [2.45, 2.75) is 39.5 Å². The van der Waals surface area contributed by atoms with Crippen LogP contribution in [0.4, 0.5) is 0 Å². The van der Waals surface area contributed by atoms with Crippen LogP contribution >= 0.6 is 0 Å². The summed E-state index contributed by atoms with van der Waals surface area (Å²) in [5.74, 6) is -0.107. The Bertz CT molecular complexity index is 371. The van der Waals surface area contributed by atoms with Crippen LogP contribution in [0.15, 0.2) is 12.1 Å². The van der Waals surface area contributed by atoms with Crippen LogP contribution < -0.4 is 5.32 Å². The number of nitrogens with zero attached hydrogens (tertiary/aromatic N) is 1. The topological polar surface area (TPSA) is 62.2 Å². The largest absolute Gasteiger partial charge is 0.396 e. The zero-order chi connectivity index (χ0) is 13.4. The maximum atomic E-state index is 11.8. The Morgan fingerprint density at radius 2 is 1.94 bits per heavy atom. The molecule has 0 spiro atoms. The van der Waals surface area contributed by atoms with E-state index in [0.717, 1.165) is 36.9 Å². The van der Waals surface area contributed by atoms with Gasteiger partial charge in [-0.1, -0.05) is 12.8 Å². The zero-order valence-electron chi connectivity index (χ0n) is 11.2. The monoisotopic (exact) mass is 250 g/mol. The summed E-state index contributed by atoms with van der Waals surface area (Å²) in [5, 5.41) is 11.5. The van der Waals surface area contributed by atoms with E-state index in [4.69, 9.17) is 5.11 Å². The predicted octanol–water partition coefficient (Wildman–Crippen LogP) is 1.98. The Morgan fingerprint density at radius 3 is 2.61 bits per heavy atom. The van der Waals surface area contributed by atoms with Crippen LogP contribution in [0, 0.1) is 13.8 Å². The minimum atomic E-state index is -0.107. The van der Waals surface area contributed by atoms with Crippen molar-refractivity contribution in [2.75, 3.05) is 13.2 Å². The van der Waals surface area contributed by atoms with E-state index < -0.39 is 0 Å². The minimum absolute atomic E-state index is 0.107. The van der Waals surface area contributed by atoms with Crippen molar-refractivity contribution >= 4 is 5.91 Å². The van der Waals surface area contributed by atoms with Gasteiger partial charge in [-0.3, -0.25) is 4.79 Å². The van der Waals surface area contributed by atoms with Gasteiger partial charge in [0.15, 0.2) is 0 Å². The van der Waals surface area contributed by atoms with Crippen molar-refractivity contribution in [1.82, 2.24) is 10.3 Å². The fraction of sp³-hybridized carbons (Fsp3) is 0.571. The predicted molar refractivity (Wildman–Crippen MR) is 71.6 cm³/mol. The number of carbonyl (C=O) groups is 1. The van der Waals surface area contributed by atoms with Crippen molar-refractivity contribution in [3.05, 3.63) is 29.1 Å². The molecule has 1 rings (SSSR count). The Hall–Kier alpha value is -1.42. The van der Waals surface area contributed by atoms with Gasteiger partial charge in [0.2, 0.25) is 0 Å². The summed E-state index contributed by atoms with van der Waals surface area (Å²) in [6.45, 7) is 4.76. The summed E-state index contributed by atoms with van der Waals surface area (Å²) in [7, 11) is 0. The third-order valence-electron chi connectivity index (χ3n) is 2.70. The molecular formula is C14H22N2O2. The highest BCUT2D eigenvalue weighted by molar-refractivity contribution is 5.92. The average molecular weight is 250 g/mol. The second kappa shape index (κ2) is 7.82. The van der Waals surface area contributed by atoms with Crippen LogP contribution in [0.1, 0.15) is 47.4 Å². The smallest absolute Gasteiger partial charge is 0.269 e. The molecule has 4 heteroatoms. The number of carbonyl (C=O) groups excluding carboxylic acids is 1. The molecule has 0 aliphatic rings. The second-order valence-corrected chi connectivity index (χ2v) is 4.56. The number of amides is 1. The van der Waals surface area contributed by atoms with E-state index in [-0.39, 0.29) is 12.5 Å². The Labute approximate surface area is 108 Å². The zero-order valence-corrected chi connectivity index (χ0v) is 11.2. The molecule has 100 valence electrons. The second-order valence-electron chi connectivity index (χ2n) is 4.56. The summed E-state index contributed by atoms with van der Waals surface area (Å²) in [6.07, 6.45) is 3.82. The Balaban J connectivity index is 2.32. The first kappa shape index (κ1) is 14.6. The van der Waals surface area contributed by atoms with Gasteiger partial charge in [-0.15, -0.1) is 0 Å². The molecule has 18 heavy (non-hydrogen) atoms. The van der Waals surface area contributed by atoms with Gasteiger partial charge in [-0.2, -0.15) is 0 Å². The quantitative estimate of drug-likeness (QED) is 0.727. The number of hydrogen-bond acceptors (Lipinski definition) is 3. The van der Waals surface area contributed by atoms with Gasteiger partial charge < -0.3 is 10.4 Å². The number of rotatable bonds is 7. The number of aromatic nitrogens is 1. The molecule has 0 bridgehead atoms. The van der Waals surface area contributed by atoms with Gasteiger partial charge in [0.25, 0.3) is 5.91 Å². The van der Waals surface area contributed by atoms with E-state index in [2.05, 4.69) is 10.3 Å². The average Bonchev–Trinajstić information content (AvgIpc) is 2.32. The summed E-state index contributed by atoms with van der Waals surface area (Å²) < 4.78 is 0. The number of pyridine rings is 1. The van der Waals surface area contributed by atoms with E-state index in [9.17, 15) is 4.79 Å². The maximum Gasteiger partial charge on any atom is 0.269 e. The van der Waals surface area contributed by atoms with Crippen LogP contribution in [-0.2, 0) is 0 Å². The third-order valence-corrected chi connectivity index (χ3v) is 2.70. The van der Waals surface area contributed by atoms with Gasteiger partial charge in [0.05, 0.1) is 0 Å². The molecule has 1 aromatic rings. The summed E-state index contributed by atoms with van der Waals surface area (Å²) >= 11 is 0. The minimum Gasteiger partial charge on any atom is -0.396 e. The van der Waals surface area contributed by atoms with Gasteiger partial charge in [-0.25, -0.2) is 4.98 Å². The van der Waals surface area contributed by atoms with Gasteiger partial charge in [0.1, 0.15) is 5.69 Å². The first-order chi connectivity index (χ1) is 8.63. The molecule has 0 aliphatic heterocycles. The number of aryl methyl sites for hydroxylation is 2. The van der Waals surface area contributed by atoms with Crippen LogP contribution in [0.25, 0.3) is 0 Å². The standard InChI is InChI=1S/C14H22N2O2/c1-11-9-12(2)16-13(10-11)14(18)15-7-5-3-4-6-8-17/h9-10,17H,3-8H2,1-2H3,(H,15,18). The van der Waals surface area contributed by atoms with Crippen molar-refractivity contribution < 1.29 is 9.90 Å². The molecule has 0 atom stereocenters. The fourth-order valence-corrected chi connectivity index (χ4v) is 1.84. The first-order valence-corrected chi connectivity index (χ1v) is 6.48. The molecule has 0 radical (unpaired) electrons. The van der Waals surface area contributed by atoms with Crippen LogP contribution in [0.3, 0.4) is 0 Å². The maximum absolute atomic E-state index is 11.8. The molecule has 0 unspecified atom stereocenters. The molecule has 0 aromatic carbocycles. The van der Waals surface area contributed by atoms with Gasteiger partial charge in [0, 0.05) is 18.8 Å². The Kier molecular flexibility index (Phi) is 6.36. The lowest BCUT2D eigenvalue weighted by Crippen LogP contribution is -2.25. The number of aliphatic hydroxyl groups excluding tert-OH is 1. The van der Waals surface area contributed by atoms with E-state index in [1.54, 1.807) is 6.07 Å². The van der Waals surface area contributed by atoms with Crippen LogP contribution in [0.5, 0.6) is 0 Å². The Morgan fingerprint density at radius 1 is 1.22 bits per heavy atom. The molecule has 0 fully saturated rings. The number of nitrogens with one attached hydrogen (secondary N) is 1. The first-order valence-electron chi connectivity index (χ1n) is 6.48. The summed E-state index contributed by atoms with van der Waals surface area (Å²) in [4.78, 5) is 16.0. The number of unbranched alkanes of at least 4 members (excludes halogenated alkanes) is 3. The van der Waals surface area contributed by atoms with Crippen molar-refractivity contribution in [3.63, 3.8) is 0 Å². The SMILES string of the molecule is Cc1cc(C)nc(C(=O)NCCCCCCO)c1. The van der Waals surface area contributed by atoms with Crippen LogP contribution in [0.2, 0.25) is 0 Å². The highest BCUT2D eigenvalue weighted by atomic mass is 16.2. The highest BCUT2D eigenvalue weighted by Gasteiger charge is 2.07. The molecule has 0 aliphatic carbocycles.